The minimum absolute atomic E-state index is 0.165. The Morgan fingerprint density at radius 2 is 2.25 bits per heavy atom. The molecule has 1 aromatic carbocycles. The van der Waals surface area contributed by atoms with Crippen molar-refractivity contribution < 1.29 is 9.13 Å². The minimum atomic E-state index is -0.306. The molecule has 1 atom stereocenters. The smallest absolute Gasteiger partial charge is 0.137 e. The first-order valence-electron chi connectivity index (χ1n) is 6.69. The predicted molar refractivity (Wildman–Crippen MR) is 80.8 cm³/mol. The van der Waals surface area contributed by atoms with Crippen LogP contribution in [0.4, 0.5) is 4.39 Å². The summed E-state index contributed by atoms with van der Waals surface area (Å²) in [6.07, 6.45) is 1.07. The summed E-state index contributed by atoms with van der Waals surface area (Å²) >= 11 is 1.44. The van der Waals surface area contributed by atoms with Crippen molar-refractivity contribution >= 4 is 11.3 Å². The summed E-state index contributed by atoms with van der Waals surface area (Å²) < 4.78 is 19.2. The summed E-state index contributed by atoms with van der Waals surface area (Å²) in [5.74, 6) is 0.208. The number of ether oxygens (including phenoxy) is 1. The third kappa shape index (κ3) is 3.16. The maximum absolute atomic E-state index is 14.0. The highest BCUT2D eigenvalue weighted by Crippen LogP contribution is 2.35. The van der Waals surface area contributed by atoms with Crippen molar-refractivity contribution in [2.24, 2.45) is 0 Å². The number of hydrogen-bond donors (Lipinski definition) is 1. The Bertz CT molecular complexity index is 571. The molecule has 1 aromatic heterocycles. The fourth-order valence-electron chi connectivity index (χ4n) is 1.95. The number of methoxy groups -OCH3 is 1. The zero-order valence-corrected chi connectivity index (χ0v) is 12.8. The van der Waals surface area contributed by atoms with Crippen LogP contribution in [-0.4, -0.2) is 18.6 Å². The van der Waals surface area contributed by atoms with Gasteiger partial charge in [0.25, 0.3) is 0 Å². The Balaban J connectivity index is 2.29. The first-order valence-corrected chi connectivity index (χ1v) is 7.57. The number of aromatic nitrogens is 1. The topological polar surface area (TPSA) is 34.1 Å². The van der Waals surface area contributed by atoms with E-state index in [2.05, 4.69) is 24.1 Å². The quantitative estimate of drug-likeness (QED) is 0.873. The van der Waals surface area contributed by atoms with E-state index in [9.17, 15) is 4.39 Å². The Morgan fingerprint density at radius 3 is 2.95 bits per heavy atom. The fourth-order valence-corrected chi connectivity index (χ4v) is 2.91. The standard InChI is InChI=1S/C15H19FN2OS/c1-4-8-17-10(2)12-9-20-15(18-12)14-11(16)6-5-7-13(14)19-3/h5-7,9-10,17H,4,8H2,1-3H3. The molecule has 2 aromatic rings. The van der Waals surface area contributed by atoms with E-state index >= 15 is 0 Å². The van der Waals surface area contributed by atoms with Crippen LogP contribution in [-0.2, 0) is 0 Å². The molecule has 0 spiro atoms. The second-order valence-corrected chi connectivity index (χ2v) is 5.43. The van der Waals surface area contributed by atoms with Gasteiger partial charge in [-0.25, -0.2) is 9.37 Å². The molecule has 3 nitrogen and oxygen atoms in total. The average Bonchev–Trinajstić information content (AvgIpc) is 2.93. The summed E-state index contributed by atoms with van der Waals surface area (Å²) in [5.41, 5.74) is 1.37. The highest BCUT2D eigenvalue weighted by molar-refractivity contribution is 7.13. The minimum Gasteiger partial charge on any atom is -0.496 e. The molecule has 0 amide bonds. The Morgan fingerprint density at radius 1 is 1.45 bits per heavy atom. The van der Waals surface area contributed by atoms with E-state index in [4.69, 9.17) is 4.74 Å². The fraction of sp³-hybridized carbons (Fsp3) is 0.400. The van der Waals surface area contributed by atoms with Crippen LogP contribution in [0.3, 0.4) is 0 Å². The molecule has 108 valence electrons. The third-order valence-electron chi connectivity index (χ3n) is 3.08. The van der Waals surface area contributed by atoms with E-state index in [1.165, 1.54) is 24.5 Å². The van der Waals surface area contributed by atoms with Crippen molar-refractivity contribution in [2.75, 3.05) is 13.7 Å². The number of nitrogens with zero attached hydrogens (tertiary/aromatic N) is 1. The summed E-state index contributed by atoms with van der Waals surface area (Å²) in [6.45, 7) is 5.13. The Kier molecular flexibility index (Phi) is 5.09. The lowest BCUT2D eigenvalue weighted by atomic mass is 10.2. The zero-order valence-electron chi connectivity index (χ0n) is 11.9. The monoisotopic (exact) mass is 294 g/mol. The maximum atomic E-state index is 14.0. The lowest BCUT2D eigenvalue weighted by Crippen LogP contribution is -2.19. The van der Waals surface area contributed by atoms with Crippen LogP contribution in [0.5, 0.6) is 5.75 Å². The number of benzene rings is 1. The normalized spacial score (nSPS) is 12.4. The van der Waals surface area contributed by atoms with E-state index in [0.29, 0.717) is 16.3 Å². The van der Waals surface area contributed by atoms with Crippen LogP contribution >= 0.6 is 11.3 Å². The van der Waals surface area contributed by atoms with E-state index < -0.39 is 0 Å². The molecule has 0 fully saturated rings. The highest BCUT2D eigenvalue weighted by Gasteiger charge is 2.17. The first kappa shape index (κ1) is 14.9. The average molecular weight is 294 g/mol. The summed E-state index contributed by atoms with van der Waals surface area (Å²) in [5, 5.41) is 6.00. The van der Waals surface area contributed by atoms with Crippen LogP contribution in [0.2, 0.25) is 0 Å². The molecule has 0 saturated heterocycles. The maximum Gasteiger partial charge on any atom is 0.137 e. The van der Waals surface area contributed by atoms with E-state index in [1.807, 2.05) is 5.38 Å². The summed E-state index contributed by atoms with van der Waals surface area (Å²) in [6, 6.07) is 4.98. The molecule has 0 bridgehead atoms. The molecular formula is C15H19FN2OS. The Labute approximate surface area is 122 Å². The van der Waals surface area contributed by atoms with Gasteiger partial charge >= 0.3 is 0 Å². The first-order chi connectivity index (χ1) is 9.67. The van der Waals surface area contributed by atoms with Crippen LogP contribution in [0.1, 0.15) is 32.0 Å². The van der Waals surface area contributed by atoms with Crippen LogP contribution in [0.25, 0.3) is 10.6 Å². The van der Waals surface area contributed by atoms with E-state index in [-0.39, 0.29) is 11.9 Å². The molecule has 1 heterocycles. The number of thiazole rings is 1. The molecule has 1 unspecified atom stereocenters. The largest absolute Gasteiger partial charge is 0.496 e. The SMILES string of the molecule is CCCNC(C)c1csc(-c2c(F)cccc2OC)n1. The molecule has 0 aliphatic carbocycles. The zero-order chi connectivity index (χ0) is 14.5. The molecule has 20 heavy (non-hydrogen) atoms. The van der Waals surface area contributed by atoms with Crippen LogP contribution in [0, 0.1) is 5.82 Å². The van der Waals surface area contributed by atoms with Gasteiger partial charge in [-0.15, -0.1) is 11.3 Å². The van der Waals surface area contributed by atoms with Gasteiger partial charge in [-0.1, -0.05) is 13.0 Å². The summed E-state index contributed by atoms with van der Waals surface area (Å²) in [4.78, 5) is 4.54. The molecule has 1 N–H and O–H groups in total. The number of nitrogens with one attached hydrogen (secondary N) is 1. The van der Waals surface area contributed by atoms with Gasteiger partial charge in [-0.2, -0.15) is 0 Å². The highest BCUT2D eigenvalue weighted by atomic mass is 32.1. The number of halogens is 1. The molecule has 0 aliphatic heterocycles. The van der Waals surface area contributed by atoms with E-state index in [1.54, 1.807) is 12.1 Å². The number of hydrogen-bond acceptors (Lipinski definition) is 4. The second kappa shape index (κ2) is 6.81. The van der Waals surface area contributed by atoms with Gasteiger partial charge in [0.05, 0.1) is 18.4 Å². The predicted octanol–water partition coefficient (Wildman–Crippen LogP) is 4.02. The van der Waals surface area contributed by atoms with Gasteiger partial charge in [0.1, 0.15) is 16.6 Å². The Hall–Kier alpha value is -1.46. The lowest BCUT2D eigenvalue weighted by Gasteiger charge is -2.10. The van der Waals surface area contributed by atoms with Gasteiger partial charge in [0.15, 0.2) is 0 Å². The van der Waals surface area contributed by atoms with Crippen molar-refractivity contribution in [3.8, 4) is 16.3 Å². The summed E-state index contributed by atoms with van der Waals surface area (Å²) in [7, 11) is 1.54. The van der Waals surface area contributed by atoms with Crippen molar-refractivity contribution in [1.29, 1.82) is 0 Å². The third-order valence-corrected chi connectivity index (χ3v) is 3.95. The van der Waals surface area contributed by atoms with Crippen molar-refractivity contribution in [3.63, 3.8) is 0 Å². The molecule has 5 heteroatoms. The van der Waals surface area contributed by atoms with Crippen molar-refractivity contribution in [3.05, 3.63) is 35.1 Å². The van der Waals surface area contributed by atoms with Crippen molar-refractivity contribution in [2.45, 2.75) is 26.3 Å². The van der Waals surface area contributed by atoms with Gasteiger partial charge < -0.3 is 10.1 Å². The van der Waals surface area contributed by atoms with Crippen LogP contribution < -0.4 is 10.1 Å². The van der Waals surface area contributed by atoms with Gasteiger partial charge in [0.2, 0.25) is 0 Å². The number of rotatable bonds is 6. The molecule has 0 radical (unpaired) electrons. The molecule has 0 aliphatic rings. The second-order valence-electron chi connectivity index (χ2n) is 4.57. The lowest BCUT2D eigenvalue weighted by molar-refractivity contribution is 0.413. The molecular weight excluding hydrogens is 275 g/mol. The van der Waals surface area contributed by atoms with Gasteiger partial charge in [-0.3, -0.25) is 0 Å². The van der Waals surface area contributed by atoms with Crippen molar-refractivity contribution in [1.82, 2.24) is 10.3 Å². The van der Waals surface area contributed by atoms with E-state index in [0.717, 1.165) is 18.7 Å². The van der Waals surface area contributed by atoms with Gasteiger partial charge in [0, 0.05) is 11.4 Å². The van der Waals surface area contributed by atoms with Crippen LogP contribution in [0.15, 0.2) is 23.6 Å². The van der Waals surface area contributed by atoms with Gasteiger partial charge in [-0.05, 0) is 32.0 Å². The molecule has 0 saturated carbocycles. The molecule has 2 rings (SSSR count).